The van der Waals surface area contributed by atoms with E-state index in [1.54, 1.807) is 0 Å². The van der Waals surface area contributed by atoms with Gasteiger partial charge in [0.2, 0.25) is 5.91 Å². The van der Waals surface area contributed by atoms with Gasteiger partial charge in [-0.2, -0.15) is 0 Å². The first-order valence-corrected chi connectivity index (χ1v) is 9.94. The van der Waals surface area contributed by atoms with Gasteiger partial charge in [0, 0.05) is 36.6 Å². The van der Waals surface area contributed by atoms with Crippen molar-refractivity contribution in [1.82, 2.24) is 0 Å². The molecule has 0 bridgehead atoms. The zero-order valence-electron chi connectivity index (χ0n) is 17.1. The molecule has 4 nitrogen and oxygen atoms in total. The maximum Gasteiger partial charge on any atom is 0.227 e. The predicted molar refractivity (Wildman–Crippen MR) is 116 cm³/mol. The van der Waals surface area contributed by atoms with Gasteiger partial charge in [-0.25, -0.2) is 0 Å². The Kier molecular flexibility index (Phi) is 7.71. The van der Waals surface area contributed by atoms with Crippen LogP contribution in [0.1, 0.15) is 46.1 Å². The molecule has 2 aromatic carbocycles. The zero-order chi connectivity index (χ0) is 19.8. The van der Waals surface area contributed by atoms with Crippen molar-refractivity contribution in [3.8, 4) is 0 Å². The van der Waals surface area contributed by atoms with E-state index in [1.165, 1.54) is 5.69 Å². The van der Waals surface area contributed by atoms with Crippen LogP contribution in [0.3, 0.4) is 0 Å². The topological polar surface area (TPSA) is 49.6 Å². The van der Waals surface area contributed by atoms with Crippen LogP contribution in [0.25, 0.3) is 0 Å². The minimum absolute atomic E-state index is 0.154. The van der Waals surface area contributed by atoms with Gasteiger partial charge in [0.15, 0.2) is 0 Å². The molecule has 2 N–H and O–H groups in total. The number of benzene rings is 2. The van der Waals surface area contributed by atoms with Crippen LogP contribution < -0.4 is 15.5 Å². The molecule has 2 aromatic rings. The molecule has 2 rings (SSSR count). The number of nitrogens with zero attached hydrogens (tertiary/aromatic N) is 2. The standard InChI is InChI=1S/C23H33N3O/c1-5-25(6-2)21-12-8-19(9-13-21)17-26(23(27)16-7-18(3)4)22-14-10-20(24)11-15-22/h8-15,18H,5-7,16-17,24H2,1-4H3. The predicted octanol–water partition coefficient (Wildman–Crippen LogP) is 5.08. The van der Waals surface area contributed by atoms with Gasteiger partial charge in [-0.1, -0.05) is 26.0 Å². The molecule has 0 radical (unpaired) electrons. The normalized spacial score (nSPS) is 10.9. The third-order valence-electron chi connectivity index (χ3n) is 4.85. The highest BCUT2D eigenvalue weighted by molar-refractivity contribution is 5.93. The second-order valence-corrected chi connectivity index (χ2v) is 7.34. The van der Waals surface area contributed by atoms with Crippen LogP contribution in [0, 0.1) is 5.92 Å². The summed E-state index contributed by atoms with van der Waals surface area (Å²) in [6.45, 7) is 11.2. The highest BCUT2D eigenvalue weighted by Gasteiger charge is 2.17. The summed E-state index contributed by atoms with van der Waals surface area (Å²) >= 11 is 0. The molecule has 4 heteroatoms. The number of hydrogen-bond acceptors (Lipinski definition) is 3. The van der Waals surface area contributed by atoms with Gasteiger partial charge in [0.1, 0.15) is 0 Å². The van der Waals surface area contributed by atoms with Crippen molar-refractivity contribution in [1.29, 1.82) is 0 Å². The van der Waals surface area contributed by atoms with Crippen LogP contribution >= 0.6 is 0 Å². The first-order chi connectivity index (χ1) is 12.9. The van der Waals surface area contributed by atoms with E-state index in [1.807, 2.05) is 29.2 Å². The fraction of sp³-hybridized carbons (Fsp3) is 0.435. The smallest absolute Gasteiger partial charge is 0.227 e. The van der Waals surface area contributed by atoms with Crippen LogP contribution in [0.5, 0.6) is 0 Å². The summed E-state index contributed by atoms with van der Waals surface area (Å²) < 4.78 is 0. The lowest BCUT2D eigenvalue weighted by Crippen LogP contribution is -2.30. The number of hydrogen-bond donors (Lipinski definition) is 1. The van der Waals surface area contributed by atoms with Gasteiger partial charge in [0.25, 0.3) is 0 Å². The van der Waals surface area contributed by atoms with Crippen molar-refractivity contribution >= 4 is 23.0 Å². The number of anilines is 3. The molecule has 1 amide bonds. The van der Waals surface area contributed by atoms with Gasteiger partial charge in [0.05, 0.1) is 6.54 Å². The van der Waals surface area contributed by atoms with E-state index in [4.69, 9.17) is 5.73 Å². The lowest BCUT2D eigenvalue weighted by molar-refractivity contribution is -0.119. The van der Waals surface area contributed by atoms with E-state index in [2.05, 4.69) is 56.9 Å². The number of nitrogen functional groups attached to an aromatic ring is 1. The molecule has 0 unspecified atom stereocenters. The van der Waals surface area contributed by atoms with Gasteiger partial charge in [-0.05, 0) is 68.1 Å². The Hall–Kier alpha value is -2.49. The van der Waals surface area contributed by atoms with Crippen molar-refractivity contribution in [2.75, 3.05) is 28.6 Å². The third kappa shape index (κ3) is 6.02. The molecular weight excluding hydrogens is 334 g/mol. The molecule has 0 aliphatic carbocycles. The summed E-state index contributed by atoms with van der Waals surface area (Å²) in [5.74, 6) is 0.664. The van der Waals surface area contributed by atoms with E-state index < -0.39 is 0 Å². The summed E-state index contributed by atoms with van der Waals surface area (Å²) in [4.78, 5) is 17.1. The van der Waals surface area contributed by atoms with E-state index in [0.29, 0.717) is 24.6 Å². The van der Waals surface area contributed by atoms with Crippen LogP contribution in [0.2, 0.25) is 0 Å². The highest BCUT2D eigenvalue weighted by Crippen LogP contribution is 2.23. The van der Waals surface area contributed by atoms with Gasteiger partial charge >= 0.3 is 0 Å². The first kappa shape index (κ1) is 20.8. The van der Waals surface area contributed by atoms with Crippen molar-refractivity contribution in [2.24, 2.45) is 5.92 Å². The van der Waals surface area contributed by atoms with Crippen molar-refractivity contribution in [2.45, 2.75) is 47.1 Å². The second kappa shape index (κ2) is 10.0. The fourth-order valence-corrected chi connectivity index (χ4v) is 3.11. The molecule has 0 aromatic heterocycles. The van der Waals surface area contributed by atoms with Crippen molar-refractivity contribution in [3.05, 3.63) is 54.1 Å². The molecular formula is C23H33N3O. The molecule has 0 aliphatic heterocycles. The van der Waals surface area contributed by atoms with Crippen molar-refractivity contribution < 1.29 is 4.79 Å². The van der Waals surface area contributed by atoms with Crippen LogP contribution in [0.15, 0.2) is 48.5 Å². The van der Waals surface area contributed by atoms with Crippen LogP contribution in [-0.2, 0) is 11.3 Å². The molecule has 0 aliphatic rings. The molecule has 27 heavy (non-hydrogen) atoms. The Balaban J connectivity index is 2.20. The molecule has 0 saturated heterocycles. The number of carbonyl (C=O) groups excluding carboxylic acids is 1. The molecule has 146 valence electrons. The lowest BCUT2D eigenvalue weighted by atomic mass is 10.1. The molecule has 0 fully saturated rings. The molecule has 0 saturated carbocycles. The number of nitrogens with two attached hydrogens (primary N) is 1. The third-order valence-corrected chi connectivity index (χ3v) is 4.85. The zero-order valence-corrected chi connectivity index (χ0v) is 17.1. The number of carbonyl (C=O) groups is 1. The van der Waals surface area contributed by atoms with E-state index >= 15 is 0 Å². The largest absolute Gasteiger partial charge is 0.399 e. The summed E-state index contributed by atoms with van der Waals surface area (Å²) in [6.07, 6.45) is 1.45. The SMILES string of the molecule is CCN(CC)c1ccc(CN(C(=O)CCC(C)C)c2ccc(N)cc2)cc1. The minimum Gasteiger partial charge on any atom is -0.399 e. The molecule has 0 heterocycles. The lowest BCUT2D eigenvalue weighted by Gasteiger charge is -2.25. The van der Waals surface area contributed by atoms with E-state index in [0.717, 1.165) is 30.8 Å². The summed E-state index contributed by atoms with van der Waals surface area (Å²) in [5.41, 5.74) is 9.76. The average Bonchev–Trinajstić information content (AvgIpc) is 2.67. The summed E-state index contributed by atoms with van der Waals surface area (Å²) in [6, 6.07) is 16.1. The maximum atomic E-state index is 12.9. The Morgan fingerprint density at radius 2 is 1.48 bits per heavy atom. The Labute approximate surface area is 164 Å². The molecule has 0 spiro atoms. The van der Waals surface area contributed by atoms with Crippen molar-refractivity contribution in [3.63, 3.8) is 0 Å². The monoisotopic (exact) mass is 367 g/mol. The van der Waals surface area contributed by atoms with Gasteiger partial charge < -0.3 is 15.5 Å². The Morgan fingerprint density at radius 1 is 0.926 bits per heavy atom. The Morgan fingerprint density at radius 3 is 2.00 bits per heavy atom. The highest BCUT2D eigenvalue weighted by atomic mass is 16.2. The molecule has 0 atom stereocenters. The average molecular weight is 368 g/mol. The number of rotatable bonds is 9. The van der Waals surface area contributed by atoms with Gasteiger partial charge in [-0.15, -0.1) is 0 Å². The summed E-state index contributed by atoms with van der Waals surface area (Å²) in [7, 11) is 0. The quantitative estimate of drug-likeness (QED) is 0.628. The second-order valence-electron chi connectivity index (χ2n) is 7.34. The van der Waals surface area contributed by atoms with Gasteiger partial charge in [-0.3, -0.25) is 4.79 Å². The first-order valence-electron chi connectivity index (χ1n) is 9.94. The Bertz CT molecular complexity index is 703. The fourth-order valence-electron chi connectivity index (χ4n) is 3.11. The minimum atomic E-state index is 0.154. The number of amides is 1. The maximum absolute atomic E-state index is 12.9. The van der Waals surface area contributed by atoms with Crippen LogP contribution in [-0.4, -0.2) is 19.0 Å². The van der Waals surface area contributed by atoms with E-state index in [9.17, 15) is 4.79 Å². The summed E-state index contributed by atoms with van der Waals surface area (Å²) in [5, 5.41) is 0. The van der Waals surface area contributed by atoms with E-state index in [-0.39, 0.29) is 5.91 Å². The van der Waals surface area contributed by atoms with Crippen LogP contribution in [0.4, 0.5) is 17.1 Å².